The van der Waals surface area contributed by atoms with Crippen LogP contribution in [0.1, 0.15) is 24.2 Å². The first-order chi connectivity index (χ1) is 13.9. The second-order valence-corrected chi connectivity index (χ2v) is 6.94. The molecule has 2 aromatic rings. The van der Waals surface area contributed by atoms with Crippen LogP contribution in [-0.2, 0) is 4.79 Å². The van der Waals surface area contributed by atoms with Crippen molar-refractivity contribution in [3.05, 3.63) is 63.6 Å². The highest BCUT2D eigenvalue weighted by Crippen LogP contribution is 2.23. The number of nitrogens with one attached hydrogen (secondary N) is 3. The third kappa shape index (κ3) is 7.66. The van der Waals surface area contributed by atoms with Gasteiger partial charge in [0.15, 0.2) is 5.96 Å². The zero-order valence-electron chi connectivity index (χ0n) is 15.9. The van der Waals surface area contributed by atoms with Crippen molar-refractivity contribution < 1.29 is 9.90 Å². The van der Waals surface area contributed by atoms with Gasteiger partial charge in [0.05, 0.1) is 6.10 Å². The highest BCUT2D eigenvalue weighted by molar-refractivity contribution is 6.34. The molecule has 0 aliphatic carbocycles. The van der Waals surface area contributed by atoms with Gasteiger partial charge >= 0.3 is 0 Å². The monoisotopic (exact) mass is 432 g/mol. The van der Waals surface area contributed by atoms with Gasteiger partial charge in [0.25, 0.3) is 0 Å². The Morgan fingerprint density at radius 3 is 2.59 bits per heavy atom. The summed E-state index contributed by atoms with van der Waals surface area (Å²) >= 11 is 11.9. The molecule has 0 aliphatic rings. The highest BCUT2D eigenvalue weighted by atomic mass is 35.5. The third-order valence-electron chi connectivity index (χ3n) is 3.77. The topological polar surface area (TPSA) is 85.8 Å². The molecule has 0 spiro atoms. The van der Waals surface area contributed by atoms with E-state index in [-0.39, 0.29) is 19.0 Å². The molecule has 0 heterocycles. The van der Waals surface area contributed by atoms with Gasteiger partial charge in [-0.1, -0.05) is 35.2 Å². The third-order valence-corrected chi connectivity index (χ3v) is 4.21. The van der Waals surface area contributed by atoms with Gasteiger partial charge < -0.3 is 21.1 Å². The normalized spacial score (nSPS) is 12.0. The fourth-order valence-corrected chi connectivity index (χ4v) is 3.00. The van der Waals surface area contributed by atoms with Gasteiger partial charge in [-0.25, -0.2) is 4.99 Å². The quantitative estimate of drug-likeness (QED) is 0.307. The zero-order chi connectivity index (χ0) is 21.2. The molecule has 0 fully saturated rings. The number of guanidine groups is 1. The van der Waals surface area contributed by atoms with Gasteiger partial charge in [0.1, 0.15) is 6.54 Å². The maximum absolute atomic E-state index is 12.2. The minimum Gasteiger partial charge on any atom is -0.387 e. The zero-order valence-corrected chi connectivity index (χ0v) is 17.4. The van der Waals surface area contributed by atoms with Crippen LogP contribution in [0.2, 0.25) is 10.0 Å². The Morgan fingerprint density at radius 1 is 1.21 bits per heavy atom. The summed E-state index contributed by atoms with van der Waals surface area (Å²) in [5, 5.41) is 20.0. The Balaban J connectivity index is 1.94. The van der Waals surface area contributed by atoms with E-state index in [2.05, 4.69) is 26.9 Å². The maximum atomic E-state index is 12.2. The molecular formula is C21H22Cl2N4O2. The lowest BCUT2D eigenvalue weighted by molar-refractivity contribution is -0.114. The molecule has 0 aliphatic heterocycles. The molecule has 0 radical (unpaired) electrons. The van der Waals surface area contributed by atoms with Crippen LogP contribution in [0.3, 0.4) is 0 Å². The lowest BCUT2D eigenvalue weighted by atomic mass is 10.1. The summed E-state index contributed by atoms with van der Waals surface area (Å²) in [6.07, 6.45) is 4.51. The van der Waals surface area contributed by atoms with Crippen molar-refractivity contribution >= 4 is 40.8 Å². The van der Waals surface area contributed by atoms with E-state index < -0.39 is 6.10 Å². The van der Waals surface area contributed by atoms with Crippen LogP contribution < -0.4 is 16.0 Å². The Bertz CT molecular complexity index is 905. The Morgan fingerprint density at radius 2 is 1.93 bits per heavy atom. The predicted molar refractivity (Wildman–Crippen MR) is 118 cm³/mol. The molecule has 1 atom stereocenters. The van der Waals surface area contributed by atoms with E-state index in [0.29, 0.717) is 39.4 Å². The summed E-state index contributed by atoms with van der Waals surface area (Å²) in [5.41, 5.74) is 1.86. The van der Waals surface area contributed by atoms with Gasteiger partial charge in [-0.2, -0.15) is 0 Å². The SMILES string of the molecule is C#Cc1cccc(NC(=O)CN=C(NCC)NCC(O)c2cc(Cl)cc(Cl)c2)c1. The fraction of sp³-hybridized carbons (Fsp3) is 0.238. The largest absolute Gasteiger partial charge is 0.387 e. The first kappa shape index (κ1) is 22.6. The number of rotatable bonds is 7. The molecule has 4 N–H and O–H groups in total. The number of carbonyl (C=O) groups is 1. The van der Waals surface area contributed by atoms with Crippen molar-refractivity contribution in [1.29, 1.82) is 0 Å². The second kappa shape index (κ2) is 11.3. The van der Waals surface area contributed by atoms with Crippen LogP contribution >= 0.6 is 23.2 Å². The van der Waals surface area contributed by atoms with Crippen LogP contribution in [0.5, 0.6) is 0 Å². The van der Waals surface area contributed by atoms with Gasteiger partial charge in [0.2, 0.25) is 5.91 Å². The smallest absolute Gasteiger partial charge is 0.246 e. The molecule has 152 valence electrons. The van der Waals surface area contributed by atoms with E-state index >= 15 is 0 Å². The molecule has 2 rings (SSSR count). The van der Waals surface area contributed by atoms with E-state index in [1.807, 2.05) is 6.92 Å². The van der Waals surface area contributed by atoms with E-state index in [9.17, 15) is 9.90 Å². The summed E-state index contributed by atoms with van der Waals surface area (Å²) in [6, 6.07) is 11.9. The first-order valence-corrected chi connectivity index (χ1v) is 9.69. The predicted octanol–water partition coefficient (Wildman–Crippen LogP) is 3.20. The summed E-state index contributed by atoms with van der Waals surface area (Å²) < 4.78 is 0. The van der Waals surface area contributed by atoms with Crippen molar-refractivity contribution in [2.75, 3.05) is 25.0 Å². The second-order valence-electron chi connectivity index (χ2n) is 6.07. The van der Waals surface area contributed by atoms with Crippen molar-refractivity contribution in [1.82, 2.24) is 10.6 Å². The number of hydrogen-bond donors (Lipinski definition) is 4. The summed E-state index contributed by atoms with van der Waals surface area (Å²) in [4.78, 5) is 16.4. The average molecular weight is 433 g/mol. The lowest BCUT2D eigenvalue weighted by Gasteiger charge is -2.16. The van der Waals surface area contributed by atoms with E-state index in [1.54, 1.807) is 42.5 Å². The highest BCUT2D eigenvalue weighted by Gasteiger charge is 2.11. The number of nitrogens with zero attached hydrogens (tertiary/aromatic N) is 1. The number of halogens is 2. The molecule has 1 unspecified atom stereocenters. The number of aliphatic hydroxyl groups excluding tert-OH is 1. The summed E-state index contributed by atoms with van der Waals surface area (Å²) in [6.45, 7) is 2.55. The van der Waals surface area contributed by atoms with Gasteiger partial charge in [-0.05, 0) is 48.9 Å². The van der Waals surface area contributed by atoms with Crippen molar-refractivity contribution in [2.45, 2.75) is 13.0 Å². The first-order valence-electron chi connectivity index (χ1n) is 8.94. The van der Waals surface area contributed by atoms with Crippen LogP contribution in [0.4, 0.5) is 5.69 Å². The lowest BCUT2D eigenvalue weighted by Crippen LogP contribution is -2.40. The van der Waals surface area contributed by atoms with Crippen molar-refractivity contribution in [3.8, 4) is 12.3 Å². The number of aliphatic imine (C=N–C) groups is 1. The molecule has 0 saturated carbocycles. The van der Waals surface area contributed by atoms with E-state index in [1.165, 1.54) is 0 Å². The van der Waals surface area contributed by atoms with Gasteiger partial charge in [-0.15, -0.1) is 6.42 Å². The van der Waals surface area contributed by atoms with E-state index in [4.69, 9.17) is 29.6 Å². The van der Waals surface area contributed by atoms with Crippen LogP contribution in [-0.4, -0.2) is 36.6 Å². The molecular weight excluding hydrogens is 411 g/mol. The Kier molecular flexibility index (Phi) is 8.81. The van der Waals surface area contributed by atoms with Crippen LogP contribution in [0, 0.1) is 12.3 Å². The van der Waals surface area contributed by atoms with Gasteiger partial charge in [0, 0.05) is 34.4 Å². The molecule has 29 heavy (non-hydrogen) atoms. The molecule has 1 amide bonds. The minimum absolute atomic E-state index is 0.102. The number of aliphatic hydroxyl groups is 1. The number of benzene rings is 2. The Hall–Kier alpha value is -2.72. The fourth-order valence-electron chi connectivity index (χ4n) is 2.46. The van der Waals surface area contributed by atoms with Crippen molar-refractivity contribution in [2.24, 2.45) is 4.99 Å². The van der Waals surface area contributed by atoms with Crippen LogP contribution in [0.15, 0.2) is 47.5 Å². The number of hydrogen-bond acceptors (Lipinski definition) is 3. The number of anilines is 1. The van der Waals surface area contributed by atoms with Crippen LogP contribution in [0.25, 0.3) is 0 Å². The molecule has 0 saturated heterocycles. The standard InChI is InChI=1S/C21H22Cl2N4O2/c1-3-14-6-5-7-18(8-14)27-20(29)13-26-21(24-4-2)25-12-19(28)15-9-16(22)11-17(23)10-15/h1,5-11,19,28H,4,12-13H2,2H3,(H,27,29)(H2,24,25,26). The molecule has 2 aromatic carbocycles. The van der Waals surface area contributed by atoms with Crippen molar-refractivity contribution in [3.63, 3.8) is 0 Å². The summed E-state index contributed by atoms with van der Waals surface area (Å²) in [7, 11) is 0. The summed E-state index contributed by atoms with van der Waals surface area (Å²) in [5.74, 6) is 2.62. The van der Waals surface area contributed by atoms with E-state index in [0.717, 1.165) is 0 Å². The minimum atomic E-state index is -0.851. The van der Waals surface area contributed by atoms with Gasteiger partial charge in [-0.3, -0.25) is 4.79 Å². The number of terminal acetylenes is 1. The molecule has 8 heteroatoms. The maximum Gasteiger partial charge on any atom is 0.246 e. The number of carbonyl (C=O) groups excluding carboxylic acids is 1. The number of amides is 1. The molecule has 0 aromatic heterocycles. The average Bonchev–Trinajstić information content (AvgIpc) is 2.69. The molecule has 6 nitrogen and oxygen atoms in total. The molecule has 0 bridgehead atoms. The Labute approximate surface area is 180 Å².